The summed E-state index contributed by atoms with van der Waals surface area (Å²) in [6, 6.07) is 3.72. The highest BCUT2D eigenvalue weighted by Gasteiger charge is 2.02. The number of rotatable bonds is 0. The number of aromatic nitrogens is 3. The first-order valence-electron chi connectivity index (χ1n) is 3.80. The number of pyridine rings is 1. The number of hydrogen-bond donors (Lipinski definition) is 0. The molecule has 13 heavy (non-hydrogen) atoms. The van der Waals surface area contributed by atoms with Crippen LogP contribution < -0.4 is 0 Å². The van der Waals surface area contributed by atoms with Gasteiger partial charge in [0, 0.05) is 12.4 Å². The van der Waals surface area contributed by atoms with E-state index in [0.29, 0.717) is 16.7 Å². The minimum atomic E-state index is 0.324. The minimum absolute atomic E-state index is 0.324. The average molecular weight is 170 g/mol. The zero-order valence-electron chi connectivity index (χ0n) is 7.02. The Labute approximate surface area is 74.9 Å². The lowest BCUT2D eigenvalue weighted by molar-refractivity contribution is 1.16. The summed E-state index contributed by atoms with van der Waals surface area (Å²) in [7, 11) is 0. The maximum Gasteiger partial charge on any atom is 0.168 e. The molecule has 0 aliphatic heterocycles. The Kier molecular flexibility index (Phi) is 1.64. The van der Waals surface area contributed by atoms with Crippen LogP contribution in [0.25, 0.3) is 11.0 Å². The Morgan fingerprint density at radius 2 is 2.23 bits per heavy atom. The fourth-order valence-corrected chi connectivity index (χ4v) is 1.12. The third-order valence-corrected chi connectivity index (χ3v) is 1.69. The predicted octanol–water partition coefficient (Wildman–Crippen LogP) is 1.20. The summed E-state index contributed by atoms with van der Waals surface area (Å²) < 4.78 is 0. The quantitative estimate of drug-likeness (QED) is 0.596. The lowest BCUT2D eigenvalue weighted by atomic mass is 10.3. The Morgan fingerprint density at radius 3 is 3.00 bits per heavy atom. The van der Waals surface area contributed by atoms with E-state index in [1.54, 1.807) is 18.5 Å². The molecule has 0 aliphatic carbocycles. The lowest BCUT2D eigenvalue weighted by Gasteiger charge is -1.97. The van der Waals surface area contributed by atoms with Crippen LogP contribution in [0.15, 0.2) is 18.5 Å². The zero-order chi connectivity index (χ0) is 9.26. The van der Waals surface area contributed by atoms with Gasteiger partial charge in [0.2, 0.25) is 0 Å². The molecular weight excluding hydrogens is 164 g/mol. The Balaban J connectivity index is 2.87. The molecule has 2 aromatic heterocycles. The fraction of sp³-hybridized carbons (Fsp3) is 0.111. The molecule has 4 nitrogen and oxygen atoms in total. The van der Waals surface area contributed by atoms with Crippen LogP contribution in [0.5, 0.6) is 0 Å². The second-order valence-electron chi connectivity index (χ2n) is 2.65. The molecule has 0 bridgehead atoms. The average Bonchev–Trinajstić information content (AvgIpc) is 2.16. The molecule has 0 aromatic carbocycles. The number of aryl methyl sites for hydroxylation is 1. The predicted molar refractivity (Wildman–Crippen MR) is 46.8 cm³/mol. The van der Waals surface area contributed by atoms with E-state index in [9.17, 15) is 0 Å². The number of nitriles is 1. The molecule has 4 heteroatoms. The highest BCUT2D eigenvalue weighted by atomic mass is 14.8. The topological polar surface area (TPSA) is 62.5 Å². The van der Waals surface area contributed by atoms with E-state index in [-0.39, 0.29) is 0 Å². The maximum absolute atomic E-state index is 8.72. The SMILES string of the molecule is Cc1cnc2c(C#N)nccc2n1. The van der Waals surface area contributed by atoms with Crippen molar-refractivity contribution >= 4 is 11.0 Å². The molecule has 2 aromatic rings. The molecule has 0 atom stereocenters. The summed E-state index contributed by atoms with van der Waals surface area (Å²) in [4.78, 5) is 12.2. The summed E-state index contributed by atoms with van der Waals surface area (Å²) in [6.07, 6.45) is 3.19. The summed E-state index contributed by atoms with van der Waals surface area (Å²) in [5, 5.41) is 8.72. The zero-order valence-corrected chi connectivity index (χ0v) is 7.02. The minimum Gasteiger partial charge on any atom is -0.250 e. The highest BCUT2D eigenvalue weighted by Crippen LogP contribution is 2.10. The van der Waals surface area contributed by atoms with Crippen molar-refractivity contribution in [3.63, 3.8) is 0 Å². The van der Waals surface area contributed by atoms with Gasteiger partial charge in [-0.25, -0.2) is 15.0 Å². The molecule has 0 N–H and O–H groups in total. The molecule has 0 radical (unpaired) electrons. The van der Waals surface area contributed by atoms with Gasteiger partial charge >= 0.3 is 0 Å². The van der Waals surface area contributed by atoms with Crippen LogP contribution in [-0.2, 0) is 0 Å². The van der Waals surface area contributed by atoms with Crippen molar-refractivity contribution in [1.82, 2.24) is 15.0 Å². The van der Waals surface area contributed by atoms with Crippen molar-refractivity contribution < 1.29 is 0 Å². The molecule has 62 valence electrons. The van der Waals surface area contributed by atoms with E-state index in [2.05, 4.69) is 15.0 Å². The van der Waals surface area contributed by atoms with Crippen molar-refractivity contribution in [3.05, 3.63) is 29.8 Å². The number of fused-ring (bicyclic) bond motifs is 1. The van der Waals surface area contributed by atoms with Crippen LogP contribution in [0.2, 0.25) is 0 Å². The van der Waals surface area contributed by atoms with Gasteiger partial charge < -0.3 is 0 Å². The van der Waals surface area contributed by atoms with Crippen LogP contribution >= 0.6 is 0 Å². The third kappa shape index (κ3) is 1.20. The van der Waals surface area contributed by atoms with E-state index in [4.69, 9.17) is 5.26 Å². The van der Waals surface area contributed by atoms with E-state index < -0.39 is 0 Å². The molecule has 0 fully saturated rings. The molecule has 0 amide bonds. The Bertz CT molecular complexity index is 498. The summed E-state index contributed by atoms with van der Waals surface area (Å²) >= 11 is 0. The molecule has 0 saturated carbocycles. The Hall–Kier alpha value is -2.02. The van der Waals surface area contributed by atoms with Crippen LogP contribution in [0.1, 0.15) is 11.4 Å². The second kappa shape index (κ2) is 2.79. The first kappa shape index (κ1) is 7.62. The fourth-order valence-electron chi connectivity index (χ4n) is 1.12. The number of hydrogen-bond acceptors (Lipinski definition) is 4. The van der Waals surface area contributed by atoms with Crippen molar-refractivity contribution in [3.8, 4) is 6.07 Å². The van der Waals surface area contributed by atoms with E-state index >= 15 is 0 Å². The van der Waals surface area contributed by atoms with Gasteiger partial charge in [-0.15, -0.1) is 0 Å². The smallest absolute Gasteiger partial charge is 0.168 e. The van der Waals surface area contributed by atoms with Gasteiger partial charge in [0.15, 0.2) is 5.69 Å². The molecule has 0 unspecified atom stereocenters. The van der Waals surface area contributed by atoms with Crippen LogP contribution in [0, 0.1) is 18.3 Å². The van der Waals surface area contributed by atoms with Gasteiger partial charge in [-0.3, -0.25) is 0 Å². The van der Waals surface area contributed by atoms with Crippen molar-refractivity contribution in [2.45, 2.75) is 6.92 Å². The molecule has 0 spiro atoms. The highest BCUT2D eigenvalue weighted by molar-refractivity contribution is 5.78. The summed E-state index contributed by atoms with van der Waals surface area (Å²) in [6.45, 7) is 1.86. The van der Waals surface area contributed by atoms with Crippen molar-refractivity contribution in [2.24, 2.45) is 0 Å². The molecule has 0 saturated heterocycles. The molecule has 0 aliphatic rings. The molecule has 2 rings (SSSR count). The van der Waals surface area contributed by atoms with E-state index in [1.165, 1.54) is 0 Å². The molecule has 2 heterocycles. The van der Waals surface area contributed by atoms with E-state index in [0.717, 1.165) is 5.69 Å². The van der Waals surface area contributed by atoms with Crippen LogP contribution in [0.3, 0.4) is 0 Å². The van der Waals surface area contributed by atoms with Crippen molar-refractivity contribution in [2.75, 3.05) is 0 Å². The largest absolute Gasteiger partial charge is 0.250 e. The monoisotopic (exact) mass is 170 g/mol. The van der Waals surface area contributed by atoms with Gasteiger partial charge in [-0.1, -0.05) is 0 Å². The van der Waals surface area contributed by atoms with Gasteiger partial charge in [0.25, 0.3) is 0 Å². The standard InChI is InChI=1S/C9H6N4/c1-6-5-12-9-7(13-6)2-3-11-8(9)4-10/h2-3,5H,1H3. The van der Waals surface area contributed by atoms with Crippen LogP contribution in [0.4, 0.5) is 0 Å². The van der Waals surface area contributed by atoms with Gasteiger partial charge in [0.1, 0.15) is 11.6 Å². The summed E-state index contributed by atoms with van der Waals surface area (Å²) in [5.74, 6) is 0. The maximum atomic E-state index is 8.72. The van der Waals surface area contributed by atoms with Crippen LogP contribution in [-0.4, -0.2) is 15.0 Å². The third-order valence-electron chi connectivity index (χ3n) is 1.69. The number of nitrogens with zero attached hydrogens (tertiary/aromatic N) is 4. The van der Waals surface area contributed by atoms with Gasteiger partial charge in [-0.05, 0) is 13.0 Å². The lowest BCUT2D eigenvalue weighted by Crippen LogP contribution is -1.92. The first-order chi connectivity index (χ1) is 6.31. The Morgan fingerprint density at radius 1 is 1.38 bits per heavy atom. The van der Waals surface area contributed by atoms with Gasteiger partial charge in [0.05, 0.1) is 11.2 Å². The normalized spacial score (nSPS) is 9.85. The second-order valence-corrected chi connectivity index (χ2v) is 2.65. The van der Waals surface area contributed by atoms with Gasteiger partial charge in [-0.2, -0.15) is 5.26 Å². The first-order valence-corrected chi connectivity index (χ1v) is 3.80. The summed E-state index contributed by atoms with van der Waals surface area (Å²) in [5.41, 5.74) is 2.44. The molecular formula is C9H6N4. The van der Waals surface area contributed by atoms with E-state index in [1.807, 2.05) is 13.0 Å². The van der Waals surface area contributed by atoms with Crippen molar-refractivity contribution in [1.29, 1.82) is 5.26 Å².